The van der Waals surface area contributed by atoms with Gasteiger partial charge in [0.2, 0.25) is 0 Å². The number of hydrogen-bond donors (Lipinski definition) is 1. The van der Waals surface area contributed by atoms with Crippen molar-refractivity contribution in [3.8, 4) is 0 Å². The van der Waals surface area contributed by atoms with Crippen LogP contribution in [0.1, 0.15) is 21.6 Å². The highest BCUT2D eigenvalue weighted by Gasteiger charge is 2.02. The van der Waals surface area contributed by atoms with E-state index < -0.39 is 0 Å². The number of rotatable bonds is 3. The van der Waals surface area contributed by atoms with E-state index in [9.17, 15) is 4.79 Å². The molecule has 4 nitrogen and oxygen atoms in total. The number of aryl methyl sites for hydroxylation is 1. The average molecular weight is 239 g/mol. The summed E-state index contributed by atoms with van der Waals surface area (Å²) in [6.07, 6.45) is 3.18. The Bertz CT molecular complexity index is 547. The molecule has 0 atom stereocenters. The van der Waals surface area contributed by atoms with Crippen LogP contribution in [0.15, 0.2) is 53.8 Å². The number of benzene rings is 1. The predicted octanol–water partition coefficient (Wildman–Crippen LogP) is 2.15. The summed E-state index contributed by atoms with van der Waals surface area (Å²) in [5.41, 5.74) is 4.85. The highest BCUT2D eigenvalue weighted by molar-refractivity contribution is 5.94. The molecule has 1 amide bonds. The van der Waals surface area contributed by atoms with Crippen molar-refractivity contribution in [1.29, 1.82) is 0 Å². The van der Waals surface area contributed by atoms with Gasteiger partial charge in [0.25, 0.3) is 5.91 Å². The van der Waals surface area contributed by atoms with Crippen LogP contribution in [0, 0.1) is 6.92 Å². The Balaban J connectivity index is 1.96. The lowest BCUT2D eigenvalue weighted by atomic mass is 10.1. The van der Waals surface area contributed by atoms with Crippen molar-refractivity contribution in [2.75, 3.05) is 0 Å². The monoisotopic (exact) mass is 239 g/mol. The van der Waals surface area contributed by atoms with Crippen molar-refractivity contribution in [2.45, 2.75) is 6.92 Å². The summed E-state index contributed by atoms with van der Waals surface area (Å²) in [5.74, 6) is -0.234. The number of carbonyl (C=O) groups excluding carboxylic acids is 1. The Morgan fingerprint density at radius 1 is 1.22 bits per heavy atom. The summed E-state index contributed by atoms with van der Waals surface area (Å²) in [7, 11) is 0. The molecular weight excluding hydrogens is 226 g/mol. The zero-order chi connectivity index (χ0) is 12.8. The maximum atomic E-state index is 11.7. The number of aromatic nitrogens is 1. The van der Waals surface area contributed by atoms with E-state index in [0.717, 1.165) is 5.56 Å². The second-order valence-electron chi connectivity index (χ2n) is 3.82. The van der Waals surface area contributed by atoms with E-state index >= 15 is 0 Å². The van der Waals surface area contributed by atoms with Crippen molar-refractivity contribution in [3.63, 3.8) is 0 Å². The van der Waals surface area contributed by atoms with Crippen molar-refractivity contribution in [1.82, 2.24) is 10.4 Å². The first-order valence-corrected chi connectivity index (χ1v) is 5.57. The molecule has 4 heteroatoms. The van der Waals surface area contributed by atoms with Crippen LogP contribution >= 0.6 is 0 Å². The number of nitrogens with one attached hydrogen (secondary N) is 1. The van der Waals surface area contributed by atoms with Gasteiger partial charge in [0.05, 0.1) is 11.9 Å². The van der Waals surface area contributed by atoms with Crippen LogP contribution in [0.3, 0.4) is 0 Å². The second-order valence-corrected chi connectivity index (χ2v) is 3.82. The molecule has 2 aromatic rings. The third-order valence-electron chi connectivity index (χ3n) is 2.36. The molecule has 1 heterocycles. The van der Waals surface area contributed by atoms with Crippen LogP contribution in [0.25, 0.3) is 0 Å². The van der Waals surface area contributed by atoms with E-state index in [0.29, 0.717) is 11.3 Å². The average Bonchev–Trinajstić information content (AvgIpc) is 2.40. The predicted molar refractivity (Wildman–Crippen MR) is 70.5 cm³/mol. The van der Waals surface area contributed by atoms with Gasteiger partial charge in [0.15, 0.2) is 0 Å². The van der Waals surface area contributed by atoms with Gasteiger partial charge in [-0.3, -0.25) is 9.78 Å². The molecule has 0 radical (unpaired) electrons. The molecular formula is C14H13N3O. The van der Waals surface area contributed by atoms with Gasteiger partial charge in [-0.25, -0.2) is 5.43 Å². The van der Waals surface area contributed by atoms with Crippen molar-refractivity contribution in [2.24, 2.45) is 5.10 Å². The molecule has 1 aromatic heterocycles. The number of hydrazone groups is 1. The molecule has 0 fully saturated rings. The van der Waals surface area contributed by atoms with Gasteiger partial charge in [-0.1, -0.05) is 23.8 Å². The van der Waals surface area contributed by atoms with Crippen LogP contribution in [0.5, 0.6) is 0 Å². The largest absolute Gasteiger partial charge is 0.271 e. The SMILES string of the molecule is Cc1ccc(C(=O)N/N=C/c2ccccn2)cc1. The van der Waals surface area contributed by atoms with E-state index in [1.807, 2.05) is 37.3 Å². The summed E-state index contributed by atoms with van der Waals surface area (Å²) in [4.78, 5) is 15.8. The Hall–Kier alpha value is -2.49. The minimum atomic E-state index is -0.234. The number of amides is 1. The van der Waals surface area contributed by atoms with Gasteiger partial charge in [-0.15, -0.1) is 0 Å². The van der Waals surface area contributed by atoms with E-state index in [1.165, 1.54) is 6.21 Å². The standard InChI is InChI=1S/C14H13N3O/c1-11-5-7-12(8-6-11)14(18)17-16-10-13-4-2-3-9-15-13/h2-10H,1H3,(H,17,18)/b16-10+. The van der Waals surface area contributed by atoms with Crippen LogP contribution in [0.2, 0.25) is 0 Å². The maximum Gasteiger partial charge on any atom is 0.271 e. The van der Waals surface area contributed by atoms with Gasteiger partial charge in [-0.2, -0.15) is 5.10 Å². The summed E-state index contributed by atoms with van der Waals surface area (Å²) >= 11 is 0. The van der Waals surface area contributed by atoms with Crippen LogP contribution in [-0.4, -0.2) is 17.1 Å². The maximum absolute atomic E-state index is 11.7. The lowest BCUT2D eigenvalue weighted by Crippen LogP contribution is -2.17. The lowest BCUT2D eigenvalue weighted by molar-refractivity contribution is 0.0955. The summed E-state index contributed by atoms with van der Waals surface area (Å²) < 4.78 is 0. The molecule has 0 bridgehead atoms. The number of carbonyl (C=O) groups is 1. The third kappa shape index (κ3) is 3.25. The second kappa shape index (κ2) is 5.72. The van der Waals surface area contributed by atoms with Crippen molar-refractivity contribution >= 4 is 12.1 Å². The van der Waals surface area contributed by atoms with Crippen molar-refractivity contribution in [3.05, 3.63) is 65.5 Å². The quantitative estimate of drug-likeness (QED) is 0.659. The number of nitrogens with zero attached hydrogens (tertiary/aromatic N) is 2. The minimum Gasteiger partial charge on any atom is -0.267 e. The molecule has 90 valence electrons. The number of pyridine rings is 1. The van der Waals surface area contributed by atoms with Gasteiger partial charge >= 0.3 is 0 Å². The zero-order valence-corrected chi connectivity index (χ0v) is 10.00. The highest BCUT2D eigenvalue weighted by atomic mass is 16.2. The fourth-order valence-electron chi connectivity index (χ4n) is 1.38. The zero-order valence-electron chi connectivity index (χ0n) is 10.00. The van der Waals surface area contributed by atoms with E-state index in [1.54, 1.807) is 18.3 Å². The van der Waals surface area contributed by atoms with E-state index in [2.05, 4.69) is 15.5 Å². The topological polar surface area (TPSA) is 54.4 Å². The normalized spacial score (nSPS) is 10.5. The Morgan fingerprint density at radius 3 is 2.67 bits per heavy atom. The number of hydrogen-bond acceptors (Lipinski definition) is 3. The molecule has 1 N–H and O–H groups in total. The molecule has 0 spiro atoms. The third-order valence-corrected chi connectivity index (χ3v) is 2.36. The van der Waals surface area contributed by atoms with Gasteiger partial charge in [0.1, 0.15) is 0 Å². The lowest BCUT2D eigenvalue weighted by Gasteiger charge is -1.99. The molecule has 1 aromatic carbocycles. The first kappa shape index (κ1) is 12.0. The van der Waals surface area contributed by atoms with Gasteiger partial charge < -0.3 is 0 Å². The Labute approximate surface area is 105 Å². The molecule has 0 aliphatic heterocycles. The summed E-state index contributed by atoms with van der Waals surface area (Å²) in [6.45, 7) is 1.97. The first-order chi connectivity index (χ1) is 8.75. The van der Waals surface area contributed by atoms with Crippen LogP contribution in [-0.2, 0) is 0 Å². The molecule has 2 rings (SSSR count). The molecule has 0 saturated heterocycles. The van der Waals surface area contributed by atoms with Gasteiger partial charge in [-0.05, 0) is 31.2 Å². The highest BCUT2D eigenvalue weighted by Crippen LogP contribution is 2.02. The van der Waals surface area contributed by atoms with Crippen molar-refractivity contribution < 1.29 is 4.79 Å². The Kier molecular flexibility index (Phi) is 3.81. The van der Waals surface area contributed by atoms with E-state index in [4.69, 9.17) is 0 Å². The molecule has 0 aliphatic carbocycles. The van der Waals surface area contributed by atoms with Crippen LogP contribution in [0.4, 0.5) is 0 Å². The van der Waals surface area contributed by atoms with Crippen LogP contribution < -0.4 is 5.43 Å². The molecule has 0 saturated carbocycles. The molecule has 0 unspecified atom stereocenters. The minimum absolute atomic E-state index is 0.234. The fourth-order valence-corrected chi connectivity index (χ4v) is 1.38. The fraction of sp³-hybridized carbons (Fsp3) is 0.0714. The molecule has 18 heavy (non-hydrogen) atoms. The van der Waals surface area contributed by atoms with Gasteiger partial charge in [0, 0.05) is 11.8 Å². The summed E-state index contributed by atoms with van der Waals surface area (Å²) in [6, 6.07) is 12.8. The Morgan fingerprint density at radius 2 is 2.00 bits per heavy atom. The molecule has 0 aliphatic rings. The van der Waals surface area contributed by atoms with E-state index in [-0.39, 0.29) is 5.91 Å². The summed E-state index contributed by atoms with van der Waals surface area (Å²) in [5, 5.41) is 3.85. The first-order valence-electron chi connectivity index (χ1n) is 5.57. The smallest absolute Gasteiger partial charge is 0.267 e.